The molecule has 9 nitrogen and oxygen atoms in total. The number of nitrogens with zero attached hydrogens (tertiary/aromatic N) is 1. The number of carboxylic acids is 1. The van der Waals surface area contributed by atoms with E-state index in [1.807, 2.05) is 21.1 Å². The summed E-state index contributed by atoms with van der Waals surface area (Å²) in [5, 5.41) is 9.73. The number of hydrogen-bond donors (Lipinski definition) is 1. The number of esters is 2. The van der Waals surface area contributed by atoms with Gasteiger partial charge in [0, 0.05) is 12.8 Å². The summed E-state index contributed by atoms with van der Waals surface area (Å²) in [4.78, 5) is 37.5. The zero-order valence-electron chi connectivity index (χ0n) is 52.8. The van der Waals surface area contributed by atoms with Crippen molar-refractivity contribution >= 4 is 17.9 Å². The number of allylic oxidation sites excluding steroid dienone is 8. The number of aliphatic carboxylic acids is 1. The van der Waals surface area contributed by atoms with E-state index in [0.29, 0.717) is 23.9 Å². The van der Waals surface area contributed by atoms with Gasteiger partial charge in [0.05, 0.1) is 34.4 Å². The largest absolute Gasteiger partial charge is 0.477 e. The highest BCUT2D eigenvalue weighted by Crippen LogP contribution is 2.18. The number of carbonyl (C=O) groups excluding carboxylic acids is 2. The van der Waals surface area contributed by atoms with Crippen LogP contribution in [0.15, 0.2) is 48.6 Å². The van der Waals surface area contributed by atoms with Gasteiger partial charge in [0.15, 0.2) is 6.10 Å². The van der Waals surface area contributed by atoms with Crippen LogP contribution in [0.1, 0.15) is 322 Å². The second-order valence-corrected chi connectivity index (χ2v) is 24.1. The highest BCUT2D eigenvalue weighted by Gasteiger charge is 2.25. The van der Waals surface area contributed by atoms with Crippen LogP contribution < -0.4 is 0 Å². The first-order valence-electron chi connectivity index (χ1n) is 33.8. The van der Waals surface area contributed by atoms with Gasteiger partial charge in [-0.3, -0.25) is 9.59 Å². The molecule has 0 aromatic heterocycles. The molecule has 0 bridgehead atoms. The number of rotatable bonds is 63. The lowest BCUT2D eigenvalue weighted by Gasteiger charge is -2.25. The summed E-state index contributed by atoms with van der Waals surface area (Å²) in [5.41, 5.74) is 0. The van der Waals surface area contributed by atoms with Crippen molar-refractivity contribution in [3.05, 3.63) is 48.6 Å². The van der Waals surface area contributed by atoms with Gasteiger partial charge >= 0.3 is 17.9 Å². The normalized spacial score (nSPS) is 13.0. The van der Waals surface area contributed by atoms with Crippen molar-refractivity contribution in [2.75, 3.05) is 47.5 Å². The molecule has 0 aromatic rings. The molecule has 2 atom stereocenters. The van der Waals surface area contributed by atoms with Crippen molar-refractivity contribution in [1.82, 2.24) is 0 Å². The van der Waals surface area contributed by atoms with E-state index in [9.17, 15) is 19.5 Å². The monoisotopic (exact) mass is 1110 g/mol. The van der Waals surface area contributed by atoms with Gasteiger partial charge in [-0.2, -0.15) is 0 Å². The van der Waals surface area contributed by atoms with E-state index < -0.39 is 24.3 Å². The van der Waals surface area contributed by atoms with Gasteiger partial charge in [-0.05, 0) is 51.4 Å². The third-order valence-electron chi connectivity index (χ3n) is 15.1. The topological polar surface area (TPSA) is 108 Å². The average Bonchev–Trinajstić information content (AvgIpc) is 3.42. The molecule has 2 unspecified atom stereocenters. The van der Waals surface area contributed by atoms with E-state index in [-0.39, 0.29) is 32.2 Å². The van der Waals surface area contributed by atoms with Gasteiger partial charge in [0.25, 0.3) is 6.29 Å². The minimum absolute atomic E-state index is 0.183. The third-order valence-corrected chi connectivity index (χ3v) is 15.1. The Kier molecular flexibility index (Phi) is 59.2. The highest BCUT2D eigenvalue weighted by atomic mass is 16.7. The van der Waals surface area contributed by atoms with E-state index in [1.54, 1.807) is 0 Å². The molecule has 79 heavy (non-hydrogen) atoms. The number of ether oxygens (including phenoxy) is 4. The molecule has 0 saturated heterocycles. The van der Waals surface area contributed by atoms with E-state index in [2.05, 4.69) is 62.5 Å². The van der Waals surface area contributed by atoms with Crippen LogP contribution in [0.4, 0.5) is 0 Å². The second-order valence-electron chi connectivity index (χ2n) is 24.1. The predicted molar refractivity (Wildman–Crippen MR) is 337 cm³/mol. The van der Waals surface area contributed by atoms with Crippen LogP contribution in [0.2, 0.25) is 0 Å². The zero-order chi connectivity index (χ0) is 57.6. The predicted octanol–water partition coefficient (Wildman–Crippen LogP) is 20.6. The zero-order valence-corrected chi connectivity index (χ0v) is 52.8. The van der Waals surface area contributed by atoms with Crippen LogP contribution in [-0.4, -0.2) is 87.4 Å². The maximum atomic E-state index is 12.9. The highest BCUT2D eigenvalue weighted by molar-refractivity contribution is 5.71. The molecule has 0 spiro atoms. The summed E-state index contributed by atoms with van der Waals surface area (Å²) in [6.45, 7) is 4.80. The van der Waals surface area contributed by atoms with Gasteiger partial charge in [-0.25, -0.2) is 4.79 Å². The first kappa shape index (κ1) is 76.2. The fraction of sp³-hybridized carbons (Fsp3) is 0.843. The van der Waals surface area contributed by atoms with E-state index in [1.165, 1.54) is 218 Å². The van der Waals surface area contributed by atoms with Gasteiger partial charge < -0.3 is 28.5 Å². The van der Waals surface area contributed by atoms with Crippen molar-refractivity contribution in [2.45, 2.75) is 334 Å². The number of likely N-dealkylation sites (N-methyl/N-ethyl adjacent to an activating group) is 1. The van der Waals surface area contributed by atoms with Gasteiger partial charge in [0.1, 0.15) is 13.2 Å². The summed E-state index contributed by atoms with van der Waals surface area (Å²) in [6.07, 6.45) is 75.2. The van der Waals surface area contributed by atoms with Crippen molar-refractivity contribution in [3.8, 4) is 0 Å². The summed E-state index contributed by atoms with van der Waals surface area (Å²) in [6, 6.07) is 0. The standard InChI is InChI=1S/C70H129NO8/c1-6-8-10-12-14-16-18-20-22-24-26-28-29-30-31-32-33-34-35-36-37-38-39-41-42-44-46-48-50-52-54-56-58-60-67(72)77-64-66(65-78-70(69(74)75)76-63-62-71(3,4)5)79-68(73)61-59-57-55-53-51-49-47-45-43-40-27-25-23-21-19-17-15-13-11-9-7-2/h9,11,15,17,21,23,27,40,66,70H,6-8,10,12-14,16,18-20,22,24-26,28-39,41-65H2,1-5H3/p+1/b11-9-,17-15-,23-21-,40-27-. The Hall–Kier alpha value is -2.75. The lowest BCUT2D eigenvalue weighted by molar-refractivity contribution is -0.870. The number of hydrogen-bond acceptors (Lipinski definition) is 7. The molecular weight excluding hydrogens is 983 g/mol. The smallest absolute Gasteiger partial charge is 0.361 e. The minimum Gasteiger partial charge on any atom is -0.477 e. The molecule has 0 amide bonds. The molecular formula is C70H130NO8+. The molecule has 0 aromatic carbocycles. The molecule has 0 saturated carbocycles. The van der Waals surface area contributed by atoms with Gasteiger partial charge in [-0.15, -0.1) is 0 Å². The van der Waals surface area contributed by atoms with Crippen LogP contribution in [0.5, 0.6) is 0 Å². The average molecular weight is 1110 g/mol. The number of carboxylic acid groups (broad SMARTS) is 1. The molecule has 0 rings (SSSR count). The van der Waals surface area contributed by atoms with E-state index >= 15 is 0 Å². The summed E-state index contributed by atoms with van der Waals surface area (Å²) in [7, 11) is 5.98. The first-order valence-corrected chi connectivity index (χ1v) is 33.8. The Morgan fingerprint density at radius 3 is 1.08 bits per heavy atom. The van der Waals surface area contributed by atoms with Crippen molar-refractivity contribution in [2.24, 2.45) is 0 Å². The number of unbranched alkanes of at least 4 members (excludes halogenated alkanes) is 40. The molecule has 0 heterocycles. The first-order chi connectivity index (χ1) is 38.6. The fourth-order valence-electron chi connectivity index (χ4n) is 9.95. The summed E-state index contributed by atoms with van der Waals surface area (Å²) >= 11 is 0. The second kappa shape index (κ2) is 61.3. The number of carbonyl (C=O) groups is 3. The molecule has 1 N–H and O–H groups in total. The SMILES string of the molecule is CC/C=C\C/C=C\C/C=C\C/C=C\CCCCCCCCCCC(=O)OC(COC(=O)CCCCCCCCCCCCCCCCCCCCCCCCCCCCCCCCCCC)COC(OCC[N+](C)(C)C)C(=O)O. The summed E-state index contributed by atoms with van der Waals surface area (Å²) in [5.74, 6) is -2.00. The lowest BCUT2D eigenvalue weighted by atomic mass is 10.0. The minimum atomic E-state index is -1.51. The molecule has 0 fully saturated rings. The van der Waals surface area contributed by atoms with Gasteiger partial charge in [-0.1, -0.05) is 306 Å². The Morgan fingerprint density at radius 2 is 0.722 bits per heavy atom. The third kappa shape index (κ3) is 62.7. The maximum Gasteiger partial charge on any atom is 0.361 e. The lowest BCUT2D eigenvalue weighted by Crippen LogP contribution is -2.40. The van der Waals surface area contributed by atoms with E-state index in [0.717, 1.165) is 70.6 Å². The van der Waals surface area contributed by atoms with Crippen LogP contribution in [0.25, 0.3) is 0 Å². The van der Waals surface area contributed by atoms with Crippen LogP contribution >= 0.6 is 0 Å². The van der Waals surface area contributed by atoms with Crippen LogP contribution in [-0.2, 0) is 33.3 Å². The molecule has 0 aliphatic carbocycles. The van der Waals surface area contributed by atoms with Crippen molar-refractivity contribution in [1.29, 1.82) is 0 Å². The van der Waals surface area contributed by atoms with Crippen molar-refractivity contribution < 1.29 is 42.9 Å². The Bertz CT molecular complexity index is 1430. The van der Waals surface area contributed by atoms with Crippen LogP contribution in [0, 0.1) is 0 Å². The molecule has 0 radical (unpaired) electrons. The quantitative estimate of drug-likeness (QED) is 0.0211. The Labute approximate surface area is 489 Å². The molecule has 0 aliphatic heterocycles. The van der Waals surface area contributed by atoms with Gasteiger partial charge in [0.2, 0.25) is 0 Å². The fourth-order valence-corrected chi connectivity index (χ4v) is 9.95. The van der Waals surface area contributed by atoms with E-state index in [4.69, 9.17) is 18.9 Å². The maximum absolute atomic E-state index is 12.9. The summed E-state index contributed by atoms with van der Waals surface area (Å²) < 4.78 is 23.0. The molecule has 9 heteroatoms. The Balaban J connectivity index is 4.05. The van der Waals surface area contributed by atoms with Crippen molar-refractivity contribution in [3.63, 3.8) is 0 Å². The van der Waals surface area contributed by atoms with Crippen LogP contribution in [0.3, 0.4) is 0 Å². The molecule has 0 aliphatic rings. The number of quaternary nitrogens is 1. The molecule has 462 valence electrons. The Morgan fingerprint density at radius 1 is 0.392 bits per heavy atom.